The van der Waals surface area contributed by atoms with Gasteiger partial charge in [-0.2, -0.15) is 11.8 Å². The molecule has 0 bridgehead atoms. The number of carboxylic acid groups (broad SMARTS) is 1. The molecule has 1 aromatic carbocycles. The fraction of sp³-hybridized carbons (Fsp3) is 0.429. The Morgan fingerprint density at radius 3 is 2.95 bits per heavy atom. The molecule has 2 rings (SSSR count). The average molecular weight is 295 g/mol. The van der Waals surface area contributed by atoms with Gasteiger partial charge in [0.1, 0.15) is 24.3 Å². The number of amides is 1. The summed E-state index contributed by atoms with van der Waals surface area (Å²) in [4.78, 5) is 23.4. The Bertz CT molecular complexity index is 506. The standard InChI is InChI=1S/C14H17NO4S/c1-20-7-6-11(14(17)18)15-13(16)10-8-19-12-5-3-2-4-9(10)12/h2-5,10-11H,6-8H2,1H3,(H,15,16)(H,17,18)/t10?,11-/m1/s1. The molecule has 2 atom stereocenters. The molecule has 1 aromatic rings. The number of thioether (sulfide) groups is 1. The van der Waals surface area contributed by atoms with E-state index in [2.05, 4.69) is 5.32 Å². The number of ether oxygens (including phenoxy) is 1. The van der Waals surface area contributed by atoms with Crippen LogP contribution in [0, 0.1) is 0 Å². The van der Waals surface area contributed by atoms with Crippen molar-refractivity contribution in [2.24, 2.45) is 0 Å². The number of rotatable bonds is 6. The van der Waals surface area contributed by atoms with Crippen molar-refractivity contribution in [2.45, 2.75) is 18.4 Å². The van der Waals surface area contributed by atoms with Gasteiger partial charge in [-0.1, -0.05) is 18.2 Å². The summed E-state index contributed by atoms with van der Waals surface area (Å²) in [6.07, 6.45) is 2.32. The van der Waals surface area contributed by atoms with Crippen molar-refractivity contribution >= 4 is 23.6 Å². The fourth-order valence-electron chi connectivity index (χ4n) is 2.15. The molecular weight excluding hydrogens is 278 g/mol. The van der Waals surface area contributed by atoms with E-state index >= 15 is 0 Å². The Morgan fingerprint density at radius 2 is 2.25 bits per heavy atom. The third-order valence-corrected chi connectivity index (χ3v) is 3.89. The molecule has 0 saturated heterocycles. The largest absolute Gasteiger partial charge is 0.492 e. The monoisotopic (exact) mass is 295 g/mol. The molecule has 0 spiro atoms. The van der Waals surface area contributed by atoms with E-state index in [0.29, 0.717) is 17.9 Å². The maximum absolute atomic E-state index is 12.2. The van der Waals surface area contributed by atoms with Crippen LogP contribution in [0.5, 0.6) is 5.75 Å². The zero-order valence-electron chi connectivity index (χ0n) is 11.2. The first-order valence-corrected chi connectivity index (χ1v) is 7.76. The van der Waals surface area contributed by atoms with Gasteiger partial charge in [0.2, 0.25) is 5.91 Å². The maximum Gasteiger partial charge on any atom is 0.326 e. The van der Waals surface area contributed by atoms with Crippen LogP contribution in [-0.4, -0.2) is 41.6 Å². The number of benzene rings is 1. The first-order chi connectivity index (χ1) is 9.63. The highest BCUT2D eigenvalue weighted by atomic mass is 32.2. The zero-order valence-corrected chi connectivity index (χ0v) is 12.0. The molecule has 0 aliphatic carbocycles. The Labute approximate surface area is 121 Å². The number of carboxylic acids is 1. The highest BCUT2D eigenvalue weighted by molar-refractivity contribution is 7.98. The highest BCUT2D eigenvalue weighted by Crippen LogP contribution is 2.33. The minimum absolute atomic E-state index is 0.264. The van der Waals surface area contributed by atoms with Crippen molar-refractivity contribution in [3.63, 3.8) is 0 Å². The molecule has 20 heavy (non-hydrogen) atoms. The molecule has 1 unspecified atom stereocenters. The van der Waals surface area contributed by atoms with Crippen LogP contribution in [0.2, 0.25) is 0 Å². The first kappa shape index (κ1) is 14.7. The molecule has 108 valence electrons. The maximum atomic E-state index is 12.2. The number of fused-ring (bicyclic) bond motifs is 1. The summed E-state index contributed by atoms with van der Waals surface area (Å²) in [7, 11) is 0. The topological polar surface area (TPSA) is 75.6 Å². The normalized spacial score (nSPS) is 17.9. The lowest BCUT2D eigenvalue weighted by atomic mass is 10.00. The third kappa shape index (κ3) is 3.25. The van der Waals surface area contributed by atoms with Gasteiger partial charge < -0.3 is 15.2 Å². The SMILES string of the molecule is CSCC[C@@H](NC(=O)C1COc2ccccc21)C(=O)O. The second-order valence-electron chi connectivity index (χ2n) is 4.58. The van der Waals surface area contributed by atoms with Crippen LogP contribution in [0.15, 0.2) is 24.3 Å². The van der Waals surface area contributed by atoms with E-state index in [4.69, 9.17) is 9.84 Å². The third-order valence-electron chi connectivity index (χ3n) is 3.24. The molecule has 5 nitrogen and oxygen atoms in total. The van der Waals surface area contributed by atoms with Crippen LogP contribution in [0.3, 0.4) is 0 Å². The average Bonchev–Trinajstić information content (AvgIpc) is 2.87. The quantitative estimate of drug-likeness (QED) is 0.831. The van der Waals surface area contributed by atoms with Crippen molar-refractivity contribution in [2.75, 3.05) is 18.6 Å². The van der Waals surface area contributed by atoms with Gasteiger partial charge in [-0.25, -0.2) is 4.79 Å². The molecule has 6 heteroatoms. The van der Waals surface area contributed by atoms with Gasteiger partial charge in [0, 0.05) is 5.56 Å². The van der Waals surface area contributed by atoms with Crippen LogP contribution >= 0.6 is 11.8 Å². The number of nitrogens with one attached hydrogen (secondary N) is 1. The lowest BCUT2D eigenvalue weighted by Crippen LogP contribution is -2.43. The summed E-state index contributed by atoms with van der Waals surface area (Å²) in [5.74, 6) is -0.330. The van der Waals surface area contributed by atoms with Crippen LogP contribution in [0.25, 0.3) is 0 Å². The van der Waals surface area contributed by atoms with Crippen molar-refractivity contribution < 1.29 is 19.4 Å². The molecule has 1 aliphatic rings. The van der Waals surface area contributed by atoms with E-state index in [0.717, 1.165) is 5.56 Å². The van der Waals surface area contributed by atoms with E-state index in [1.165, 1.54) is 0 Å². The smallest absolute Gasteiger partial charge is 0.326 e. The molecule has 0 radical (unpaired) electrons. The molecule has 1 heterocycles. The first-order valence-electron chi connectivity index (χ1n) is 6.37. The van der Waals surface area contributed by atoms with Gasteiger partial charge in [0.15, 0.2) is 0 Å². The minimum Gasteiger partial charge on any atom is -0.492 e. The number of aliphatic carboxylic acids is 1. The van der Waals surface area contributed by atoms with E-state index in [1.54, 1.807) is 11.8 Å². The highest BCUT2D eigenvalue weighted by Gasteiger charge is 2.32. The van der Waals surface area contributed by atoms with E-state index in [1.807, 2.05) is 30.5 Å². The summed E-state index contributed by atoms with van der Waals surface area (Å²) in [6.45, 7) is 0.264. The Balaban J connectivity index is 2.03. The zero-order chi connectivity index (χ0) is 14.5. The molecule has 0 saturated carbocycles. The molecular formula is C14H17NO4S. The van der Waals surface area contributed by atoms with Crippen LogP contribution in [-0.2, 0) is 9.59 Å². The Kier molecular flexibility index (Phi) is 4.89. The van der Waals surface area contributed by atoms with Crippen molar-refractivity contribution in [1.29, 1.82) is 0 Å². The van der Waals surface area contributed by atoms with Crippen molar-refractivity contribution in [1.82, 2.24) is 5.32 Å². The molecule has 1 aliphatic heterocycles. The Hall–Kier alpha value is -1.69. The predicted molar refractivity (Wildman–Crippen MR) is 77.2 cm³/mol. The minimum atomic E-state index is -1.00. The summed E-state index contributed by atoms with van der Waals surface area (Å²) in [6, 6.07) is 6.49. The van der Waals surface area contributed by atoms with Crippen LogP contribution in [0.1, 0.15) is 17.9 Å². The molecule has 2 N–H and O–H groups in total. The van der Waals surface area contributed by atoms with Crippen molar-refractivity contribution in [3.05, 3.63) is 29.8 Å². The summed E-state index contributed by atoms with van der Waals surface area (Å²) in [5.41, 5.74) is 0.819. The number of hydrogen-bond donors (Lipinski definition) is 2. The van der Waals surface area contributed by atoms with Crippen LogP contribution in [0.4, 0.5) is 0 Å². The van der Waals surface area contributed by atoms with Gasteiger partial charge in [-0.3, -0.25) is 4.79 Å². The lowest BCUT2D eigenvalue weighted by molar-refractivity contribution is -0.142. The number of carbonyl (C=O) groups is 2. The summed E-state index contributed by atoms with van der Waals surface area (Å²) >= 11 is 1.56. The van der Waals surface area contributed by atoms with E-state index in [9.17, 15) is 9.59 Å². The van der Waals surface area contributed by atoms with Crippen LogP contribution < -0.4 is 10.1 Å². The fourth-order valence-corrected chi connectivity index (χ4v) is 2.62. The van der Waals surface area contributed by atoms with Gasteiger partial charge in [0.25, 0.3) is 0 Å². The second kappa shape index (κ2) is 6.65. The van der Waals surface area contributed by atoms with E-state index in [-0.39, 0.29) is 12.5 Å². The van der Waals surface area contributed by atoms with Gasteiger partial charge in [-0.05, 0) is 24.5 Å². The molecule has 0 aromatic heterocycles. The number of para-hydroxylation sites is 1. The Morgan fingerprint density at radius 1 is 1.50 bits per heavy atom. The van der Waals surface area contributed by atoms with Gasteiger partial charge in [0.05, 0.1) is 0 Å². The molecule has 0 fully saturated rings. The summed E-state index contributed by atoms with van der Waals surface area (Å²) in [5, 5.41) is 11.7. The number of carbonyl (C=O) groups excluding carboxylic acids is 1. The molecule has 1 amide bonds. The van der Waals surface area contributed by atoms with Gasteiger partial charge in [-0.15, -0.1) is 0 Å². The number of hydrogen-bond acceptors (Lipinski definition) is 4. The van der Waals surface area contributed by atoms with Gasteiger partial charge >= 0.3 is 5.97 Å². The van der Waals surface area contributed by atoms with E-state index < -0.39 is 17.9 Å². The summed E-state index contributed by atoms with van der Waals surface area (Å²) < 4.78 is 5.44. The van der Waals surface area contributed by atoms with Crippen molar-refractivity contribution in [3.8, 4) is 5.75 Å². The second-order valence-corrected chi connectivity index (χ2v) is 5.57. The lowest BCUT2D eigenvalue weighted by Gasteiger charge is -2.16. The predicted octanol–water partition coefficient (Wildman–Crippen LogP) is 1.49.